The van der Waals surface area contributed by atoms with Crippen molar-refractivity contribution in [2.24, 2.45) is 0 Å². The molecule has 2 N–H and O–H groups in total. The van der Waals surface area contributed by atoms with Crippen molar-refractivity contribution in [2.45, 2.75) is 10.6 Å². The molecular weight excluding hydrogens is 552 g/mol. The molecule has 9 heteroatoms. The number of hydrogen-bond donors (Lipinski definition) is 2. The van der Waals surface area contributed by atoms with Crippen LogP contribution in [0.3, 0.4) is 0 Å². The molecule has 0 bridgehead atoms. The molecule has 0 aromatic heterocycles. The van der Waals surface area contributed by atoms with Crippen LogP contribution >= 0.6 is 43.6 Å². The number of rotatable bonds is 8. The van der Waals surface area contributed by atoms with E-state index in [0.717, 1.165) is 20.3 Å². The summed E-state index contributed by atoms with van der Waals surface area (Å²) in [5, 5.41) is 2.78. The molecule has 0 unspecified atom stereocenters. The van der Waals surface area contributed by atoms with Gasteiger partial charge in [-0.2, -0.15) is 0 Å². The monoisotopic (exact) mass is 568 g/mol. The highest BCUT2D eigenvalue weighted by Crippen LogP contribution is 2.21. The van der Waals surface area contributed by atoms with Gasteiger partial charge in [0.05, 0.1) is 10.6 Å². The first-order chi connectivity index (χ1) is 14.3. The average molecular weight is 570 g/mol. The Labute approximate surface area is 197 Å². The Bertz CT molecular complexity index is 1100. The van der Waals surface area contributed by atoms with Crippen molar-refractivity contribution < 1.29 is 13.2 Å². The highest BCUT2D eigenvalue weighted by molar-refractivity contribution is 9.10. The third kappa shape index (κ3) is 6.87. The molecule has 0 aliphatic heterocycles. The Kier molecular flexibility index (Phi) is 7.99. The van der Waals surface area contributed by atoms with Crippen molar-refractivity contribution in [3.05, 3.63) is 87.3 Å². The second kappa shape index (κ2) is 10.5. The molecule has 30 heavy (non-hydrogen) atoms. The first-order valence-electron chi connectivity index (χ1n) is 8.82. The number of nitrogens with one attached hydrogen (secondary N) is 2. The first-order valence-corrected chi connectivity index (χ1v) is 13.0. The van der Waals surface area contributed by atoms with E-state index in [1.165, 1.54) is 23.9 Å². The van der Waals surface area contributed by atoms with Crippen molar-refractivity contribution in [1.82, 2.24) is 0 Å². The lowest BCUT2D eigenvalue weighted by atomic mass is 10.2. The van der Waals surface area contributed by atoms with Gasteiger partial charge in [0.1, 0.15) is 0 Å². The van der Waals surface area contributed by atoms with Gasteiger partial charge in [-0.25, -0.2) is 8.42 Å². The van der Waals surface area contributed by atoms with Gasteiger partial charge in [0.25, 0.3) is 10.0 Å². The fourth-order valence-electron chi connectivity index (χ4n) is 2.49. The minimum atomic E-state index is -3.70. The second-order valence-electron chi connectivity index (χ2n) is 6.30. The van der Waals surface area contributed by atoms with Crippen LogP contribution in [0.15, 0.2) is 86.6 Å². The summed E-state index contributed by atoms with van der Waals surface area (Å²) in [5.41, 5.74) is 2.16. The Balaban J connectivity index is 1.52. The summed E-state index contributed by atoms with van der Waals surface area (Å²) in [5.74, 6) is 0.904. The van der Waals surface area contributed by atoms with Crippen LogP contribution in [0.5, 0.6) is 0 Å². The van der Waals surface area contributed by atoms with Crippen LogP contribution < -0.4 is 10.0 Å². The number of benzene rings is 3. The van der Waals surface area contributed by atoms with E-state index >= 15 is 0 Å². The average Bonchev–Trinajstić information content (AvgIpc) is 2.71. The van der Waals surface area contributed by atoms with Gasteiger partial charge in [-0.15, -0.1) is 11.8 Å². The SMILES string of the molecule is O=C(CSCc1ccc(Br)cc1)Nc1ccc(S(=O)(=O)Nc2ccc(Br)cc2)cc1. The number of anilines is 2. The molecular formula is C21H18Br2N2O3S2. The van der Waals surface area contributed by atoms with Crippen molar-refractivity contribution in [3.8, 4) is 0 Å². The van der Waals surface area contributed by atoms with Crippen molar-refractivity contribution >= 4 is 70.9 Å². The first kappa shape index (κ1) is 22.9. The van der Waals surface area contributed by atoms with E-state index in [0.29, 0.717) is 17.1 Å². The lowest BCUT2D eigenvalue weighted by molar-refractivity contribution is -0.113. The topological polar surface area (TPSA) is 75.3 Å². The van der Waals surface area contributed by atoms with Crippen LogP contribution in [0.4, 0.5) is 11.4 Å². The number of carbonyl (C=O) groups excluding carboxylic acids is 1. The number of amides is 1. The number of sulfonamides is 1. The van der Waals surface area contributed by atoms with Crippen LogP contribution in [-0.4, -0.2) is 20.1 Å². The van der Waals surface area contributed by atoms with Crippen LogP contribution in [0, 0.1) is 0 Å². The Morgan fingerprint density at radius 2 is 1.33 bits per heavy atom. The summed E-state index contributed by atoms with van der Waals surface area (Å²) in [6.07, 6.45) is 0. The Morgan fingerprint density at radius 1 is 0.800 bits per heavy atom. The molecule has 0 radical (unpaired) electrons. The summed E-state index contributed by atoms with van der Waals surface area (Å²) in [6, 6.07) is 20.9. The van der Waals surface area contributed by atoms with Gasteiger partial charge >= 0.3 is 0 Å². The molecule has 3 aromatic carbocycles. The Morgan fingerprint density at radius 3 is 1.93 bits per heavy atom. The molecule has 0 aliphatic rings. The maximum atomic E-state index is 12.5. The molecule has 0 saturated heterocycles. The molecule has 0 spiro atoms. The molecule has 0 saturated carbocycles. The third-order valence-corrected chi connectivity index (χ3v) is 7.42. The molecule has 0 atom stereocenters. The van der Waals surface area contributed by atoms with E-state index < -0.39 is 10.0 Å². The van der Waals surface area contributed by atoms with E-state index in [1.54, 1.807) is 36.4 Å². The lowest BCUT2D eigenvalue weighted by Crippen LogP contribution is -2.15. The molecule has 0 fully saturated rings. The molecule has 5 nitrogen and oxygen atoms in total. The summed E-state index contributed by atoms with van der Waals surface area (Å²) in [4.78, 5) is 12.3. The van der Waals surface area contributed by atoms with Crippen LogP contribution in [0.2, 0.25) is 0 Å². The van der Waals surface area contributed by atoms with E-state index in [9.17, 15) is 13.2 Å². The summed E-state index contributed by atoms with van der Waals surface area (Å²) in [6.45, 7) is 0. The van der Waals surface area contributed by atoms with Crippen molar-refractivity contribution in [3.63, 3.8) is 0 Å². The largest absolute Gasteiger partial charge is 0.325 e. The molecule has 1 amide bonds. The van der Waals surface area contributed by atoms with Gasteiger partial charge in [-0.3, -0.25) is 9.52 Å². The molecule has 0 aliphatic carbocycles. The molecule has 3 rings (SSSR count). The Hall–Kier alpha value is -1.81. The van der Waals surface area contributed by atoms with Crippen LogP contribution in [0.1, 0.15) is 5.56 Å². The van der Waals surface area contributed by atoms with Crippen molar-refractivity contribution in [2.75, 3.05) is 15.8 Å². The zero-order valence-corrected chi connectivity index (χ0v) is 20.4. The second-order valence-corrected chi connectivity index (χ2v) is 10.8. The van der Waals surface area contributed by atoms with Gasteiger partial charge in [0, 0.05) is 26.1 Å². The highest BCUT2D eigenvalue weighted by atomic mass is 79.9. The summed E-state index contributed by atoms with van der Waals surface area (Å²) in [7, 11) is -3.70. The predicted molar refractivity (Wildman–Crippen MR) is 130 cm³/mol. The van der Waals surface area contributed by atoms with Crippen molar-refractivity contribution in [1.29, 1.82) is 0 Å². The van der Waals surface area contributed by atoms with E-state index in [-0.39, 0.29) is 10.8 Å². The number of carbonyl (C=O) groups is 1. The molecule has 0 heterocycles. The number of halogens is 2. The lowest BCUT2D eigenvalue weighted by Gasteiger charge is -2.10. The van der Waals surface area contributed by atoms with E-state index in [2.05, 4.69) is 41.9 Å². The highest BCUT2D eigenvalue weighted by Gasteiger charge is 2.14. The molecule has 3 aromatic rings. The fourth-order valence-corrected chi connectivity index (χ4v) is 4.86. The minimum Gasteiger partial charge on any atom is -0.325 e. The summed E-state index contributed by atoms with van der Waals surface area (Å²) >= 11 is 8.22. The van der Waals surface area contributed by atoms with Gasteiger partial charge in [-0.1, -0.05) is 44.0 Å². The number of hydrogen-bond acceptors (Lipinski definition) is 4. The smallest absolute Gasteiger partial charge is 0.261 e. The maximum absolute atomic E-state index is 12.5. The molecule has 156 valence electrons. The van der Waals surface area contributed by atoms with E-state index in [4.69, 9.17) is 0 Å². The van der Waals surface area contributed by atoms with Crippen LogP contribution in [0.25, 0.3) is 0 Å². The zero-order valence-electron chi connectivity index (χ0n) is 15.6. The van der Waals surface area contributed by atoms with Gasteiger partial charge < -0.3 is 5.32 Å². The quantitative estimate of drug-likeness (QED) is 0.355. The fraction of sp³-hybridized carbons (Fsp3) is 0.0952. The van der Waals surface area contributed by atoms with E-state index in [1.807, 2.05) is 24.3 Å². The van der Waals surface area contributed by atoms with Gasteiger partial charge in [0.2, 0.25) is 5.91 Å². The predicted octanol–water partition coefficient (Wildman–Crippen LogP) is 5.88. The minimum absolute atomic E-state index is 0.119. The number of thioether (sulfide) groups is 1. The van der Waals surface area contributed by atoms with Crippen LogP contribution in [-0.2, 0) is 20.6 Å². The van der Waals surface area contributed by atoms with Gasteiger partial charge in [-0.05, 0) is 66.2 Å². The summed E-state index contributed by atoms with van der Waals surface area (Å²) < 4.78 is 29.4. The third-order valence-electron chi connectivity index (χ3n) is 3.96. The van der Waals surface area contributed by atoms with Gasteiger partial charge in [0.15, 0.2) is 0 Å². The normalized spacial score (nSPS) is 11.1. The maximum Gasteiger partial charge on any atom is 0.261 e. The standard InChI is InChI=1S/C21H18Br2N2O3S2/c22-16-3-1-15(2-4-16)13-29-14-21(26)24-18-9-11-20(12-10-18)30(27,28)25-19-7-5-17(23)6-8-19/h1-12,25H,13-14H2,(H,24,26). The zero-order chi connectivity index (χ0) is 21.6.